The van der Waals surface area contributed by atoms with Crippen LogP contribution >= 0.6 is 0 Å². The Kier molecular flexibility index (Phi) is 4.26. The van der Waals surface area contributed by atoms with Gasteiger partial charge < -0.3 is 4.74 Å². The van der Waals surface area contributed by atoms with E-state index < -0.39 is 11.7 Å². The van der Waals surface area contributed by atoms with E-state index in [0.29, 0.717) is 0 Å². The van der Waals surface area contributed by atoms with Crippen molar-refractivity contribution < 1.29 is 9.53 Å². The van der Waals surface area contributed by atoms with Crippen molar-refractivity contribution in [2.45, 2.75) is 33.3 Å². The minimum Gasteiger partial charge on any atom is -0.443 e. The number of hydrogen-bond acceptors (Lipinski definition) is 3. The first-order valence-electron chi connectivity index (χ1n) is 5.45. The van der Waals surface area contributed by atoms with Gasteiger partial charge in [0, 0.05) is 0 Å². The quantitative estimate of drug-likeness (QED) is 0.632. The van der Waals surface area contributed by atoms with Gasteiger partial charge in [0.15, 0.2) is 0 Å². The molecule has 0 aliphatic rings. The second-order valence-corrected chi connectivity index (χ2v) is 4.78. The molecule has 0 spiro atoms. The average Bonchev–Trinajstić information content (AvgIpc) is 2.18. The highest BCUT2D eigenvalue weighted by Gasteiger charge is 2.15. The van der Waals surface area contributed by atoms with Crippen LogP contribution in [0.25, 0.3) is 0 Å². The molecule has 0 aromatic heterocycles. The van der Waals surface area contributed by atoms with E-state index in [2.05, 4.69) is 10.5 Å². The molecule has 0 aliphatic heterocycles. The zero-order valence-electron chi connectivity index (χ0n) is 10.7. The fraction of sp³-hybridized carbons (Fsp3) is 0.385. The first-order chi connectivity index (χ1) is 7.87. The van der Waals surface area contributed by atoms with Crippen LogP contribution in [0.3, 0.4) is 0 Å². The van der Waals surface area contributed by atoms with Gasteiger partial charge in [0.05, 0.1) is 6.21 Å². The van der Waals surface area contributed by atoms with Crippen molar-refractivity contribution >= 4 is 12.3 Å². The fourth-order valence-corrected chi connectivity index (χ4v) is 1.11. The summed E-state index contributed by atoms with van der Waals surface area (Å²) < 4.78 is 5.03. The van der Waals surface area contributed by atoms with Crippen LogP contribution in [0.5, 0.6) is 0 Å². The van der Waals surface area contributed by atoms with Gasteiger partial charge in [-0.1, -0.05) is 29.8 Å². The highest BCUT2D eigenvalue weighted by Crippen LogP contribution is 2.06. The molecular formula is C13H18N2O2. The lowest BCUT2D eigenvalue weighted by Crippen LogP contribution is -2.29. The van der Waals surface area contributed by atoms with Gasteiger partial charge in [-0.05, 0) is 33.3 Å². The van der Waals surface area contributed by atoms with Gasteiger partial charge in [-0.15, -0.1) is 0 Å². The number of amides is 1. The fourth-order valence-electron chi connectivity index (χ4n) is 1.11. The maximum Gasteiger partial charge on any atom is 0.428 e. The summed E-state index contributed by atoms with van der Waals surface area (Å²) in [5.41, 5.74) is 3.91. The molecule has 0 unspecified atom stereocenters. The number of rotatable bonds is 2. The van der Waals surface area contributed by atoms with Gasteiger partial charge >= 0.3 is 6.09 Å². The standard InChI is InChI=1S/C13H18N2O2/c1-10-5-7-11(8-6-10)9-14-15-12(16)17-13(2,3)4/h5-9H,1-4H3,(H,15,16). The zero-order chi connectivity index (χ0) is 12.9. The maximum absolute atomic E-state index is 11.3. The van der Waals surface area contributed by atoms with Crippen LogP contribution in [0.2, 0.25) is 0 Å². The number of carbonyl (C=O) groups is 1. The van der Waals surface area contributed by atoms with Crippen molar-refractivity contribution in [1.82, 2.24) is 5.43 Å². The Bertz CT molecular complexity index is 402. The maximum atomic E-state index is 11.3. The van der Waals surface area contributed by atoms with Crippen LogP contribution in [0, 0.1) is 6.92 Å². The smallest absolute Gasteiger partial charge is 0.428 e. The van der Waals surface area contributed by atoms with E-state index in [1.807, 2.05) is 31.2 Å². The molecule has 1 rings (SSSR count). The number of nitrogens with one attached hydrogen (secondary N) is 1. The van der Waals surface area contributed by atoms with Crippen molar-refractivity contribution in [2.75, 3.05) is 0 Å². The van der Waals surface area contributed by atoms with Crippen molar-refractivity contribution in [1.29, 1.82) is 0 Å². The Balaban J connectivity index is 2.45. The van der Waals surface area contributed by atoms with E-state index >= 15 is 0 Å². The van der Waals surface area contributed by atoms with Gasteiger partial charge in [-0.25, -0.2) is 10.2 Å². The van der Waals surface area contributed by atoms with Gasteiger partial charge in [-0.3, -0.25) is 0 Å². The first kappa shape index (κ1) is 13.2. The van der Waals surface area contributed by atoms with E-state index in [-0.39, 0.29) is 0 Å². The molecular weight excluding hydrogens is 216 g/mol. The highest BCUT2D eigenvalue weighted by atomic mass is 16.6. The lowest BCUT2D eigenvalue weighted by Gasteiger charge is -2.18. The van der Waals surface area contributed by atoms with Gasteiger partial charge in [0.2, 0.25) is 0 Å². The summed E-state index contributed by atoms with van der Waals surface area (Å²) in [4.78, 5) is 11.3. The average molecular weight is 234 g/mol. The molecule has 0 aliphatic carbocycles. The third-order valence-electron chi connectivity index (χ3n) is 1.85. The first-order valence-corrected chi connectivity index (χ1v) is 5.45. The van der Waals surface area contributed by atoms with Gasteiger partial charge in [-0.2, -0.15) is 5.10 Å². The SMILES string of the molecule is Cc1ccc(C=NNC(=O)OC(C)(C)C)cc1. The molecule has 0 heterocycles. The van der Waals surface area contributed by atoms with Crippen LogP contribution in [0.4, 0.5) is 4.79 Å². The molecule has 0 saturated heterocycles. The molecule has 4 nitrogen and oxygen atoms in total. The largest absolute Gasteiger partial charge is 0.443 e. The molecule has 0 radical (unpaired) electrons. The number of hydrogen-bond donors (Lipinski definition) is 1. The Morgan fingerprint density at radius 2 is 1.88 bits per heavy atom. The zero-order valence-corrected chi connectivity index (χ0v) is 10.7. The summed E-state index contributed by atoms with van der Waals surface area (Å²) >= 11 is 0. The minimum absolute atomic E-state index is 0.510. The summed E-state index contributed by atoms with van der Waals surface area (Å²) in [5.74, 6) is 0. The minimum atomic E-state index is -0.555. The van der Waals surface area contributed by atoms with Crippen LogP contribution < -0.4 is 5.43 Å². The van der Waals surface area contributed by atoms with E-state index in [1.165, 1.54) is 5.56 Å². The summed E-state index contributed by atoms with van der Waals surface area (Å²) in [6.07, 6.45) is 1.02. The monoisotopic (exact) mass is 234 g/mol. The Morgan fingerprint density at radius 1 is 1.29 bits per heavy atom. The van der Waals surface area contributed by atoms with Crippen LogP contribution in [0.1, 0.15) is 31.9 Å². The highest BCUT2D eigenvalue weighted by molar-refractivity contribution is 5.80. The second-order valence-electron chi connectivity index (χ2n) is 4.78. The van der Waals surface area contributed by atoms with Crippen LogP contribution in [-0.4, -0.2) is 17.9 Å². The van der Waals surface area contributed by atoms with Gasteiger partial charge in [0.1, 0.15) is 5.60 Å². The van der Waals surface area contributed by atoms with E-state index in [0.717, 1.165) is 5.56 Å². The molecule has 1 N–H and O–H groups in total. The van der Waals surface area contributed by atoms with Crippen molar-refractivity contribution in [2.24, 2.45) is 5.10 Å². The molecule has 92 valence electrons. The third-order valence-corrected chi connectivity index (χ3v) is 1.85. The number of nitrogens with zero attached hydrogens (tertiary/aromatic N) is 1. The summed E-state index contributed by atoms with van der Waals surface area (Å²) in [6.45, 7) is 7.42. The molecule has 1 aromatic carbocycles. The number of benzene rings is 1. The molecule has 1 aromatic rings. The van der Waals surface area contributed by atoms with Gasteiger partial charge in [0.25, 0.3) is 0 Å². The predicted molar refractivity (Wildman–Crippen MR) is 68.1 cm³/mol. The Hall–Kier alpha value is -1.84. The van der Waals surface area contributed by atoms with E-state index in [4.69, 9.17) is 4.74 Å². The second kappa shape index (κ2) is 5.48. The summed E-state index contributed by atoms with van der Waals surface area (Å²) in [7, 11) is 0. The van der Waals surface area contributed by atoms with Crippen molar-refractivity contribution in [3.63, 3.8) is 0 Å². The Labute approximate surface area is 102 Å². The lowest BCUT2D eigenvalue weighted by atomic mass is 10.2. The van der Waals surface area contributed by atoms with Crippen molar-refractivity contribution in [3.05, 3.63) is 35.4 Å². The number of hydrazone groups is 1. The molecule has 0 bridgehead atoms. The normalized spacial score (nSPS) is 11.5. The van der Waals surface area contributed by atoms with Crippen LogP contribution in [-0.2, 0) is 4.74 Å². The lowest BCUT2D eigenvalue weighted by molar-refractivity contribution is 0.0529. The van der Waals surface area contributed by atoms with E-state index in [1.54, 1.807) is 27.0 Å². The molecule has 0 saturated carbocycles. The summed E-state index contributed by atoms with van der Waals surface area (Å²) in [6, 6.07) is 7.81. The molecule has 0 atom stereocenters. The van der Waals surface area contributed by atoms with Crippen molar-refractivity contribution in [3.8, 4) is 0 Å². The molecule has 1 amide bonds. The Morgan fingerprint density at radius 3 is 2.41 bits per heavy atom. The predicted octanol–water partition coefficient (Wildman–Crippen LogP) is 2.85. The topological polar surface area (TPSA) is 50.7 Å². The number of ether oxygens (including phenoxy) is 1. The molecule has 4 heteroatoms. The molecule has 17 heavy (non-hydrogen) atoms. The van der Waals surface area contributed by atoms with E-state index in [9.17, 15) is 4.79 Å². The number of aryl methyl sites for hydroxylation is 1. The third kappa shape index (κ3) is 5.70. The molecule has 0 fully saturated rings. The number of carbonyl (C=O) groups excluding carboxylic acids is 1. The summed E-state index contributed by atoms with van der Waals surface area (Å²) in [5, 5.41) is 3.81. The van der Waals surface area contributed by atoms with Crippen LogP contribution in [0.15, 0.2) is 29.4 Å².